The number of carbonyl (C=O) groups excluding carboxylic acids is 1. The Morgan fingerprint density at radius 2 is 1.88 bits per heavy atom. The standard InChI is InChI=1S/C23H25N5O4S/c1-15(14-32-3)27-33(30,31)18-10-8-17(9-11-18)25-23-24-13-16-12-21(29)28(2)20-7-5-4-6-19(20)22(16)26-23/h4-11,13,15,27H,12,14H2,1-3H3,(H,24,25,26). The van der Waals surface area contributed by atoms with E-state index in [2.05, 4.69) is 20.0 Å². The van der Waals surface area contributed by atoms with Gasteiger partial charge in [-0.1, -0.05) is 18.2 Å². The Bertz CT molecular complexity index is 1280. The van der Waals surface area contributed by atoms with Crippen molar-refractivity contribution in [3.63, 3.8) is 0 Å². The number of hydrogen-bond acceptors (Lipinski definition) is 7. The zero-order chi connectivity index (χ0) is 23.6. The van der Waals surface area contributed by atoms with Crippen molar-refractivity contribution in [3.05, 3.63) is 60.3 Å². The van der Waals surface area contributed by atoms with E-state index in [4.69, 9.17) is 4.74 Å². The summed E-state index contributed by atoms with van der Waals surface area (Å²) in [6, 6.07) is 13.6. The molecule has 0 spiro atoms. The van der Waals surface area contributed by atoms with Gasteiger partial charge in [0.2, 0.25) is 21.9 Å². The molecule has 0 saturated heterocycles. The highest BCUT2D eigenvalue weighted by Crippen LogP contribution is 2.35. The van der Waals surface area contributed by atoms with Crippen molar-refractivity contribution in [1.29, 1.82) is 0 Å². The van der Waals surface area contributed by atoms with Crippen LogP contribution in [0.25, 0.3) is 11.3 Å². The van der Waals surface area contributed by atoms with Crippen LogP contribution in [0.2, 0.25) is 0 Å². The number of amides is 1. The first-order chi connectivity index (χ1) is 15.8. The van der Waals surface area contributed by atoms with Crippen LogP contribution < -0.4 is 14.9 Å². The number of methoxy groups -OCH3 is 1. The maximum atomic E-state index is 12.5. The van der Waals surface area contributed by atoms with Crippen LogP contribution in [0.5, 0.6) is 0 Å². The molecule has 172 valence electrons. The van der Waals surface area contributed by atoms with E-state index >= 15 is 0 Å². The fourth-order valence-corrected chi connectivity index (χ4v) is 4.90. The maximum Gasteiger partial charge on any atom is 0.240 e. The summed E-state index contributed by atoms with van der Waals surface area (Å²) >= 11 is 0. The van der Waals surface area contributed by atoms with Crippen LogP contribution in [0.1, 0.15) is 12.5 Å². The third kappa shape index (κ3) is 4.87. The van der Waals surface area contributed by atoms with Gasteiger partial charge in [0.05, 0.1) is 29.3 Å². The first-order valence-corrected chi connectivity index (χ1v) is 11.9. The van der Waals surface area contributed by atoms with Gasteiger partial charge < -0.3 is 15.0 Å². The molecule has 2 N–H and O–H groups in total. The van der Waals surface area contributed by atoms with Gasteiger partial charge in [-0.2, -0.15) is 0 Å². The number of fused-ring (bicyclic) bond motifs is 3. The predicted molar refractivity (Wildman–Crippen MR) is 126 cm³/mol. The molecule has 2 heterocycles. The lowest BCUT2D eigenvalue weighted by Gasteiger charge is -2.16. The van der Waals surface area contributed by atoms with Crippen molar-refractivity contribution in [2.45, 2.75) is 24.3 Å². The van der Waals surface area contributed by atoms with E-state index in [1.807, 2.05) is 24.3 Å². The highest BCUT2D eigenvalue weighted by molar-refractivity contribution is 7.89. The number of ether oxygens (including phenoxy) is 1. The van der Waals surface area contributed by atoms with Gasteiger partial charge in [0, 0.05) is 43.2 Å². The number of aromatic nitrogens is 2. The molecule has 10 heteroatoms. The second-order valence-electron chi connectivity index (χ2n) is 7.84. The van der Waals surface area contributed by atoms with Crippen molar-refractivity contribution in [2.75, 3.05) is 31.0 Å². The summed E-state index contributed by atoms with van der Waals surface area (Å²) in [7, 11) is -0.388. The Labute approximate surface area is 192 Å². The van der Waals surface area contributed by atoms with Crippen LogP contribution >= 0.6 is 0 Å². The van der Waals surface area contributed by atoms with Crippen molar-refractivity contribution < 1.29 is 17.9 Å². The Morgan fingerprint density at radius 3 is 2.61 bits per heavy atom. The van der Waals surface area contributed by atoms with Gasteiger partial charge in [-0.05, 0) is 37.3 Å². The molecule has 0 bridgehead atoms. The van der Waals surface area contributed by atoms with Crippen molar-refractivity contribution >= 4 is 33.3 Å². The van der Waals surface area contributed by atoms with Crippen LogP contribution in [-0.2, 0) is 26.0 Å². The second-order valence-corrected chi connectivity index (χ2v) is 9.56. The molecule has 0 saturated carbocycles. The lowest BCUT2D eigenvalue weighted by atomic mass is 10.1. The summed E-state index contributed by atoms with van der Waals surface area (Å²) in [5.41, 5.74) is 3.71. The molecule has 0 radical (unpaired) electrons. The number of sulfonamides is 1. The molecule has 4 rings (SSSR count). The normalized spacial score (nSPS) is 14.3. The summed E-state index contributed by atoms with van der Waals surface area (Å²) < 4.78 is 32.6. The molecule has 1 aliphatic heterocycles. The molecule has 33 heavy (non-hydrogen) atoms. The molecule has 0 fully saturated rings. The van der Waals surface area contributed by atoms with Gasteiger partial charge >= 0.3 is 0 Å². The zero-order valence-corrected chi connectivity index (χ0v) is 19.4. The molecule has 1 aromatic heterocycles. The third-order valence-electron chi connectivity index (χ3n) is 5.29. The van der Waals surface area contributed by atoms with E-state index in [0.29, 0.717) is 17.3 Å². The van der Waals surface area contributed by atoms with Crippen LogP contribution in [0.15, 0.2) is 59.6 Å². The van der Waals surface area contributed by atoms with Crippen molar-refractivity contribution in [1.82, 2.24) is 14.7 Å². The average Bonchev–Trinajstić information content (AvgIpc) is 2.89. The molecule has 1 amide bonds. The minimum atomic E-state index is -3.66. The Balaban J connectivity index is 1.58. The minimum absolute atomic E-state index is 0.0317. The van der Waals surface area contributed by atoms with Gasteiger partial charge in [0.25, 0.3) is 0 Å². The molecular formula is C23H25N5O4S. The molecule has 1 unspecified atom stereocenters. The number of hydrogen-bond donors (Lipinski definition) is 2. The average molecular weight is 468 g/mol. The van der Waals surface area contributed by atoms with Gasteiger partial charge in [-0.25, -0.2) is 23.1 Å². The highest BCUT2D eigenvalue weighted by Gasteiger charge is 2.25. The smallest absolute Gasteiger partial charge is 0.240 e. The van der Waals surface area contributed by atoms with Gasteiger partial charge in [0.15, 0.2) is 0 Å². The first-order valence-electron chi connectivity index (χ1n) is 10.4. The van der Waals surface area contributed by atoms with Crippen LogP contribution in [0, 0.1) is 0 Å². The van der Waals surface area contributed by atoms with E-state index in [9.17, 15) is 13.2 Å². The molecule has 3 aromatic rings. The molecule has 2 aromatic carbocycles. The van der Waals surface area contributed by atoms with E-state index < -0.39 is 10.0 Å². The van der Waals surface area contributed by atoms with E-state index in [0.717, 1.165) is 16.8 Å². The number of benzene rings is 2. The number of nitrogens with zero attached hydrogens (tertiary/aromatic N) is 3. The number of anilines is 3. The number of likely N-dealkylation sites (N-methyl/N-ethyl adjacent to an activating group) is 1. The second kappa shape index (κ2) is 9.26. The molecule has 0 aliphatic carbocycles. The Hall–Kier alpha value is -3.34. The summed E-state index contributed by atoms with van der Waals surface area (Å²) in [6.45, 7) is 2.01. The van der Waals surface area contributed by atoms with Gasteiger partial charge in [0.1, 0.15) is 0 Å². The van der Waals surface area contributed by atoms with Gasteiger partial charge in [-0.3, -0.25) is 4.79 Å². The van der Waals surface area contributed by atoms with Crippen LogP contribution in [0.3, 0.4) is 0 Å². The molecule has 1 atom stereocenters. The summed E-state index contributed by atoms with van der Waals surface area (Å²) in [6.07, 6.45) is 1.86. The summed E-state index contributed by atoms with van der Waals surface area (Å²) in [5.74, 6) is 0.318. The number of nitrogens with one attached hydrogen (secondary N) is 2. The van der Waals surface area contributed by atoms with Crippen LogP contribution in [-0.4, -0.2) is 51.1 Å². The van der Waals surface area contributed by atoms with Crippen LogP contribution in [0.4, 0.5) is 17.3 Å². The SMILES string of the molecule is COCC(C)NS(=O)(=O)c1ccc(Nc2ncc3c(n2)-c2ccccc2N(C)C(=O)C3)cc1. The number of carbonyl (C=O) groups is 1. The fourth-order valence-electron chi connectivity index (χ4n) is 3.68. The summed E-state index contributed by atoms with van der Waals surface area (Å²) in [5, 5.41) is 3.11. The predicted octanol–water partition coefficient (Wildman–Crippen LogP) is 2.72. The number of para-hydroxylation sites is 1. The topological polar surface area (TPSA) is 114 Å². The molecule has 9 nitrogen and oxygen atoms in total. The van der Waals surface area contributed by atoms with E-state index in [1.165, 1.54) is 19.2 Å². The molecular weight excluding hydrogens is 442 g/mol. The lowest BCUT2D eigenvalue weighted by Crippen LogP contribution is -2.35. The fraction of sp³-hybridized carbons (Fsp3) is 0.261. The quantitative estimate of drug-likeness (QED) is 0.549. The largest absolute Gasteiger partial charge is 0.383 e. The van der Waals surface area contributed by atoms with Crippen molar-refractivity contribution in [3.8, 4) is 11.3 Å². The number of rotatable bonds is 7. The highest BCUT2D eigenvalue weighted by atomic mass is 32.2. The first kappa shape index (κ1) is 22.8. The van der Waals surface area contributed by atoms with Gasteiger partial charge in [-0.15, -0.1) is 0 Å². The summed E-state index contributed by atoms with van der Waals surface area (Å²) in [4.78, 5) is 23.3. The Morgan fingerprint density at radius 1 is 1.15 bits per heavy atom. The minimum Gasteiger partial charge on any atom is -0.383 e. The maximum absolute atomic E-state index is 12.5. The lowest BCUT2D eigenvalue weighted by molar-refractivity contribution is -0.117. The Kier molecular flexibility index (Phi) is 6.41. The van der Waals surface area contributed by atoms with Crippen molar-refractivity contribution in [2.24, 2.45) is 0 Å². The monoisotopic (exact) mass is 467 g/mol. The van der Waals surface area contributed by atoms with E-state index in [-0.39, 0.29) is 29.9 Å². The third-order valence-corrected chi connectivity index (χ3v) is 6.90. The van der Waals surface area contributed by atoms with E-state index in [1.54, 1.807) is 37.2 Å². The molecule has 1 aliphatic rings. The zero-order valence-electron chi connectivity index (χ0n) is 18.6.